The molecule has 1 aromatic rings. The number of nitro groups is 1. The molecule has 6 heteroatoms. The quantitative estimate of drug-likeness (QED) is 0.591. The van der Waals surface area contributed by atoms with Gasteiger partial charge >= 0.3 is 0 Å². The van der Waals surface area contributed by atoms with E-state index >= 15 is 0 Å². The Balaban J connectivity index is 2.79. The van der Waals surface area contributed by atoms with Crippen molar-refractivity contribution in [3.05, 3.63) is 33.6 Å². The second kappa shape index (κ2) is 5.53. The third-order valence-corrected chi connectivity index (χ3v) is 2.22. The molecule has 1 unspecified atom stereocenters. The Labute approximate surface area is 93.6 Å². The summed E-state index contributed by atoms with van der Waals surface area (Å²) in [5, 5.41) is 10.5. The molecule has 0 radical (unpaired) electrons. The lowest BCUT2D eigenvalue weighted by Crippen LogP contribution is -2.28. The molecule has 0 fully saturated rings. The van der Waals surface area contributed by atoms with E-state index < -0.39 is 4.92 Å². The van der Waals surface area contributed by atoms with Gasteiger partial charge in [-0.2, -0.15) is 0 Å². The molecule has 0 saturated carbocycles. The van der Waals surface area contributed by atoms with Crippen LogP contribution in [-0.2, 0) is 11.2 Å². The second-order valence-corrected chi connectivity index (χ2v) is 3.63. The number of hydrogen-bond acceptors (Lipinski definition) is 5. The molecule has 0 aliphatic rings. The summed E-state index contributed by atoms with van der Waals surface area (Å²) in [7, 11) is 1.58. The van der Waals surface area contributed by atoms with Gasteiger partial charge < -0.3 is 10.5 Å². The van der Waals surface area contributed by atoms with Gasteiger partial charge in [-0.3, -0.25) is 15.1 Å². The molecule has 1 aromatic heterocycles. The van der Waals surface area contributed by atoms with Crippen LogP contribution in [0.25, 0.3) is 0 Å². The standard InChI is InChI=1S/C10H15N3O3/c1-7-3-9(13(14)15)5-12-10(7)4-8(11)6-16-2/h3,5,8H,4,6,11H2,1-2H3. The van der Waals surface area contributed by atoms with Crippen LogP contribution in [0.4, 0.5) is 5.69 Å². The van der Waals surface area contributed by atoms with Crippen LogP contribution in [0.2, 0.25) is 0 Å². The summed E-state index contributed by atoms with van der Waals surface area (Å²) >= 11 is 0. The van der Waals surface area contributed by atoms with Crippen molar-refractivity contribution in [2.45, 2.75) is 19.4 Å². The molecule has 0 aromatic carbocycles. The molecule has 0 saturated heterocycles. The van der Waals surface area contributed by atoms with Crippen molar-refractivity contribution < 1.29 is 9.66 Å². The van der Waals surface area contributed by atoms with E-state index in [1.807, 2.05) is 0 Å². The van der Waals surface area contributed by atoms with Crippen LogP contribution in [-0.4, -0.2) is 29.7 Å². The fourth-order valence-electron chi connectivity index (χ4n) is 1.42. The number of nitrogens with two attached hydrogens (primary N) is 1. The van der Waals surface area contributed by atoms with Gasteiger partial charge in [0.05, 0.1) is 11.5 Å². The highest BCUT2D eigenvalue weighted by atomic mass is 16.6. The van der Waals surface area contributed by atoms with E-state index in [0.29, 0.717) is 13.0 Å². The summed E-state index contributed by atoms with van der Waals surface area (Å²) in [5.41, 5.74) is 7.34. The fraction of sp³-hybridized carbons (Fsp3) is 0.500. The number of methoxy groups -OCH3 is 1. The zero-order valence-corrected chi connectivity index (χ0v) is 9.34. The third kappa shape index (κ3) is 3.25. The number of pyridine rings is 1. The summed E-state index contributed by atoms with van der Waals surface area (Å²) < 4.78 is 4.92. The Morgan fingerprint density at radius 3 is 2.88 bits per heavy atom. The summed E-state index contributed by atoms with van der Waals surface area (Å²) in [6.07, 6.45) is 1.81. The lowest BCUT2D eigenvalue weighted by Gasteiger charge is -2.11. The van der Waals surface area contributed by atoms with Gasteiger partial charge in [0.25, 0.3) is 5.69 Å². The molecule has 6 nitrogen and oxygen atoms in total. The number of hydrogen-bond donors (Lipinski definition) is 1. The molecule has 0 aliphatic heterocycles. The molecule has 1 rings (SSSR count). The fourth-order valence-corrected chi connectivity index (χ4v) is 1.42. The molecular weight excluding hydrogens is 210 g/mol. The first kappa shape index (κ1) is 12.5. The molecular formula is C10H15N3O3. The minimum Gasteiger partial charge on any atom is -0.383 e. The largest absolute Gasteiger partial charge is 0.383 e. The van der Waals surface area contributed by atoms with Gasteiger partial charge in [0.2, 0.25) is 0 Å². The van der Waals surface area contributed by atoms with Crippen molar-refractivity contribution in [2.24, 2.45) is 5.73 Å². The molecule has 0 spiro atoms. The zero-order valence-electron chi connectivity index (χ0n) is 9.34. The summed E-state index contributed by atoms with van der Waals surface area (Å²) in [6.45, 7) is 2.23. The van der Waals surface area contributed by atoms with Gasteiger partial charge in [0, 0.05) is 31.3 Å². The Morgan fingerprint density at radius 1 is 1.69 bits per heavy atom. The van der Waals surface area contributed by atoms with Gasteiger partial charge in [0.1, 0.15) is 6.20 Å². The molecule has 2 N–H and O–H groups in total. The van der Waals surface area contributed by atoms with E-state index in [1.165, 1.54) is 12.3 Å². The first-order chi connectivity index (χ1) is 7.54. The van der Waals surface area contributed by atoms with Gasteiger partial charge in [-0.25, -0.2) is 0 Å². The van der Waals surface area contributed by atoms with E-state index in [-0.39, 0.29) is 11.7 Å². The smallest absolute Gasteiger partial charge is 0.287 e. The van der Waals surface area contributed by atoms with Crippen molar-refractivity contribution in [2.75, 3.05) is 13.7 Å². The minimum atomic E-state index is -0.459. The molecule has 88 valence electrons. The maximum atomic E-state index is 10.5. The highest BCUT2D eigenvalue weighted by Crippen LogP contribution is 2.15. The van der Waals surface area contributed by atoms with Crippen molar-refractivity contribution >= 4 is 5.69 Å². The Hall–Kier alpha value is -1.53. The summed E-state index contributed by atoms with van der Waals surface area (Å²) in [5.74, 6) is 0. The van der Waals surface area contributed by atoms with E-state index in [1.54, 1.807) is 14.0 Å². The van der Waals surface area contributed by atoms with Gasteiger partial charge in [-0.05, 0) is 12.5 Å². The SMILES string of the molecule is COCC(N)Cc1ncc([N+](=O)[O-])cc1C. The normalized spacial score (nSPS) is 12.4. The van der Waals surface area contributed by atoms with Crippen LogP contribution in [0, 0.1) is 17.0 Å². The van der Waals surface area contributed by atoms with Crippen LogP contribution >= 0.6 is 0 Å². The Bertz CT molecular complexity index is 382. The lowest BCUT2D eigenvalue weighted by molar-refractivity contribution is -0.385. The minimum absolute atomic E-state index is 0.00145. The lowest BCUT2D eigenvalue weighted by atomic mass is 10.1. The Morgan fingerprint density at radius 2 is 2.38 bits per heavy atom. The van der Waals surface area contributed by atoms with Crippen LogP contribution < -0.4 is 5.73 Å². The van der Waals surface area contributed by atoms with Crippen molar-refractivity contribution in [3.8, 4) is 0 Å². The molecule has 1 heterocycles. The number of aromatic nitrogens is 1. The maximum Gasteiger partial charge on any atom is 0.287 e. The summed E-state index contributed by atoms with van der Waals surface area (Å²) in [4.78, 5) is 14.1. The second-order valence-electron chi connectivity index (χ2n) is 3.63. The average molecular weight is 225 g/mol. The van der Waals surface area contributed by atoms with E-state index in [2.05, 4.69) is 4.98 Å². The topological polar surface area (TPSA) is 91.3 Å². The molecule has 0 bridgehead atoms. The van der Waals surface area contributed by atoms with Crippen LogP contribution in [0.5, 0.6) is 0 Å². The van der Waals surface area contributed by atoms with Crippen LogP contribution in [0.1, 0.15) is 11.3 Å². The highest BCUT2D eigenvalue weighted by Gasteiger charge is 2.12. The molecule has 0 aliphatic carbocycles. The molecule has 16 heavy (non-hydrogen) atoms. The van der Waals surface area contributed by atoms with Crippen LogP contribution in [0.3, 0.4) is 0 Å². The van der Waals surface area contributed by atoms with Crippen LogP contribution in [0.15, 0.2) is 12.3 Å². The number of aryl methyl sites for hydroxylation is 1. The number of ether oxygens (including phenoxy) is 1. The number of nitrogens with zero attached hydrogens (tertiary/aromatic N) is 2. The summed E-state index contributed by atoms with van der Waals surface area (Å²) in [6, 6.07) is 1.36. The third-order valence-electron chi connectivity index (χ3n) is 2.22. The first-order valence-corrected chi connectivity index (χ1v) is 4.89. The van der Waals surface area contributed by atoms with Gasteiger partial charge in [0.15, 0.2) is 0 Å². The van der Waals surface area contributed by atoms with Crippen molar-refractivity contribution in [3.63, 3.8) is 0 Å². The molecule has 0 amide bonds. The highest BCUT2D eigenvalue weighted by molar-refractivity contribution is 5.33. The van der Waals surface area contributed by atoms with E-state index in [9.17, 15) is 10.1 Å². The zero-order chi connectivity index (χ0) is 12.1. The van der Waals surface area contributed by atoms with Gasteiger partial charge in [-0.1, -0.05) is 0 Å². The van der Waals surface area contributed by atoms with Crippen molar-refractivity contribution in [1.29, 1.82) is 0 Å². The van der Waals surface area contributed by atoms with E-state index in [4.69, 9.17) is 10.5 Å². The van der Waals surface area contributed by atoms with Gasteiger partial charge in [-0.15, -0.1) is 0 Å². The predicted octanol–water partition coefficient (Wildman–Crippen LogP) is 0.814. The monoisotopic (exact) mass is 225 g/mol. The van der Waals surface area contributed by atoms with E-state index in [0.717, 1.165) is 11.3 Å². The predicted molar refractivity (Wildman–Crippen MR) is 59.2 cm³/mol. The Kier molecular flexibility index (Phi) is 4.33. The van der Waals surface area contributed by atoms with Crippen molar-refractivity contribution in [1.82, 2.24) is 4.98 Å². The number of rotatable bonds is 5. The first-order valence-electron chi connectivity index (χ1n) is 4.89. The molecule has 1 atom stereocenters. The maximum absolute atomic E-state index is 10.5. The average Bonchev–Trinajstić information content (AvgIpc) is 2.21.